The summed E-state index contributed by atoms with van der Waals surface area (Å²) in [6.45, 7) is 11.0. The summed E-state index contributed by atoms with van der Waals surface area (Å²) in [6, 6.07) is 14.0. The van der Waals surface area contributed by atoms with Gasteiger partial charge in [-0.15, -0.1) is 0 Å². The fraction of sp³-hybridized carbons (Fsp3) is 0.364. The quantitative estimate of drug-likeness (QED) is 0.490. The molecule has 1 N–H and O–H groups in total. The van der Waals surface area contributed by atoms with E-state index in [-0.39, 0.29) is 6.61 Å². The van der Waals surface area contributed by atoms with Crippen molar-refractivity contribution >= 4 is 25.8 Å². The van der Waals surface area contributed by atoms with Gasteiger partial charge in [0.1, 0.15) is 6.61 Å². The predicted molar refractivity (Wildman–Crippen MR) is 115 cm³/mol. The van der Waals surface area contributed by atoms with E-state index in [0.717, 1.165) is 22.7 Å². The maximum Gasteiger partial charge on any atom is 0.411 e. The number of benzene rings is 2. The molecule has 0 saturated carbocycles. The number of hydrogen-bond acceptors (Lipinski definition) is 4. The van der Waals surface area contributed by atoms with Gasteiger partial charge in [0.25, 0.3) is 0 Å². The van der Waals surface area contributed by atoms with Gasteiger partial charge >= 0.3 is 12.1 Å². The minimum atomic E-state index is -1.30. The average molecular weight is 400 g/mol. The van der Waals surface area contributed by atoms with Crippen molar-refractivity contribution in [2.75, 3.05) is 11.9 Å². The highest BCUT2D eigenvalue weighted by atomic mass is 28.3. The van der Waals surface area contributed by atoms with E-state index in [9.17, 15) is 9.59 Å². The molecule has 0 aliphatic carbocycles. The van der Waals surface area contributed by atoms with Crippen LogP contribution in [-0.2, 0) is 16.1 Å². The fourth-order valence-corrected chi connectivity index (χ4v) is 3.44. The lowest BCUT2D eigenvalue weighted by atomic mass is 10.0. The van der Waals surface area contributed by atoms with Crippen molar-refractivity contribution in [2.24, 2.45) is 0 Å². The summed E-state index contributed by atoms with van der Waals surface area (Å²) in [6.07, 6.45) is -0.606. The maximum absolute atomic E-state index is 12.6. The SMILES string of the molecule is Cc1cc(C)c(C(=O)OCC[Si](C)(C)C)c(NC(=O)OCc2ccccc2)c1. The van der Waals surface area contributed by atoms with Crippen LogP contribution in [0.2, 0.25) is 25.7 Å². The third-order valence-electron chi connectivity index (χ3n) is 4.22. The van der Waals surface area contributed by atoms with Crippen molar-refractivity contribution in [1.29, 1.82) is 0 Å². The molecule has 0 unspecified atom stereocenters. The second-order valence-electron chi connectivity index (χ2n) is 8.14. The minimum Gasteiger partial charge on any atom is -0.462 e. The lowest BCUT2D eigenvalue weighted by molar-refractivity contribution is 0.0525. The van der Waals surface area contributed by atoms with E-state index in [0.29, 0.717) is 17.9 Å². The number of carbonyl (C=O) groups is 2. The molecule has 0 bridgehead atoms. The Balaban J connectivity index is 2.08. The summed E-state index contributed by atoms with van der Waals surface area (Å²) in [4.78, 5) is 24.9. The first-order chi connectivity index (χ1) is 13.2. The molecule has 1 amide bonds. The van der Waals surface area contributed by atoms with Gasteiger partial charge in [-0.2, -0.15) is 0 Å². The van der Waals surface area contributed by atoms with Crippen LogP contribution in [-0.4, -0.2) is 26.7 Å². The highest BCUT2D eigenvalue weighted by molar-refractivity contribution is 6.76. The van der Waals surface area contributed by atoms with Crippen molar-refractivity contribution in [3.05, 3.63) is 64.7 Å². The van der Waals surface area contributed by atoms with Gasteiger partial charge in [0.05, 0.1) is 17.9 Å². The van der Waals surface area contributed by atoms with Crippen LogP contribution in [0.25, 0.3) is 0 Å². The summed E-state index contributed by atoms with van der Waals surface area (Å²) in [5, 5.41) is 2.70. The first-order valence-corrected chi connectivity index (χ1v) is 13.1. The largest absolute Gasteiger partial charge is 0.462 e. The molecule has 28 heavy (non-hydrogen) atoms. The van der Waals surface area contributed by atoms with E-state index in [1.807, 2.05) is 50.2 Å². The van der Waals surface area contributed by atoms with E-state index in [2.05, 4.69) is 25.0 Å². The molecule has 0 aliphatic heterocycles. The third-order valence-corrected chi connectivity index (χ3v) is 5.92. The summed E-state index contributed by atoms with van der Waals surface area (Å²) in [5.74, 6) is -0.422. The van der Waals surface area contributed by atoms with Crippen LogP contribution in [0.15, 0.2) is 42.5 Å². The van der Waals surface area contributed by atoms with Crippen molar-refractivity contribution in [3.8, 4) is 0 Å². The molecule has 0 radical (unpaired) electrons. The van der Waals surface area contributed by atoms with E-state index < -0.39 is 20.1 Å². The Morgan fingerprint density at radius 3 is 2.32 bits per heavy atom. The Labute approximate surface area is 168 Å². The van der Waals surface area contributed by atoms with Crippen molar-refractivity contribution in [1.82, 2.24) is 0 Å². The van der Waals surface area contributed by atoms with Gasteiger partial charge in [-0.3, -0.25) is 5.32 Å². The van der Waals surface area contributed by atoms with E-state index in [1.54, 1.807) is 6.07 Å². The predicted octanol–water partition coefficient (Wildman–Crippen LogP) is 5.55. The summed E-state index contributed by atoms with van der Waals surface area (Å²) in [7, 11) is -1.30. The van der Waals surface area contributed by atoms with Crippen molar-refractivity contribution < 1.29 is 19.1 Å². The molecule has 2 aromatic carbocycles. The van der Waals surface area contributed by atoms with Gasteiger partial charge in [-0.25, -0.2) is 9.59 Å². The van der Waals surface area contributed by atoms with Crippen molar-refractivity contribution in [3.63, 3.8) is 0 Å². The zero-order chi connectivity index (χ0) is 20.7. The Kier molecular flexibility index (Phi) is 7.40. The van der Waals surface area contributed by atoms with Gasteiger partial charge in [0.15, 0.2) is 0 Å². The fourth-order valence-electron chi connectivity index (χ4n) is 2.73. The number of rotatable bonds is 7. The molecule has 0 spiro atoms. The van der Waals surface area contributed by atoms with Gasteiger partial charge in [-0.1, -0.05) is 56.0 Å². The summed E-state index contributed by atoms with van der Waals surface area (Å²) >= 11 is 0. The third kappa shape index (κ3) is 6.85. The first kappa shape index (κ1) is 21.7. The lowest BCUT2D eigenvalue weighted by Gasteiger charge is -2.17. The van der Waals surface area contributed by atoms with E-state index in [1.165, 1.54) is 0 Å². The molecule has 2 rings (SSSR count). The van der Waals surface area contributed by atoms with Gasteiger partial charge in [0, 0.05) is 8.07 Å². The number of nitrogens with one attached hydrogen (secondary N) is 1. The molecule has 0 aromatic heterocycles. The Hall–Kier alpha value is -2.60. The molecule has 5 nitrogen and oxygen atoms in total. The van der Waals surface area contributed by atoms with Crippen LogP contribution in [0.1, 0.15) is 27.0 Å². The van der Waals surface area contributed by atoms with Crippen LogP contribution in [0.3, 0.4) is 0 Å². The standard InChI is InChI=1S/C22H29NO4Si/c1-16-13-17(2)20(21(24)26-11-12-28(3,4)5)19(14-16)23-22(25)27-15-18-9-7-6-8-10-18/h6-10,13-14H,11-12,15H2,1-5H3,(H,23,25). The Morgan fingerprint density at radius 1 is 1.00 bits per heavy atom. The number of aryl methyl sites for hydroxylation is 2. The Morgan fingerprint density at radius 2 is 1.68 bits per heavy atom. The topological polar surface area (TPSA) is 64.6 Å². The zero-order valence-electron chi connectivity index (χ0n) is 17.3. The van der Waals surface area contributed by atoms with Crippen LogP contribution < -0.4 is 5.32 Å². The molecule has 150 valence electrons. The maximum atomic E-state index is 12.6. The number of esters is 1. The monoisotopic (exact) mass is 399 g/mol. The smallest absolute Gasteiger partial charge is 0.411 e. The second-order valence-corrected chi connectivity index (χ2v) is 13.8. The molecule has 0 fully saturated rings. The molecule has 0 atom stereocenters. The number of hydrogen-bond donors (Lipinski definition) is 1. The lowest BCUT2D eigenvalue weighted by Crippen LogP contribution is -2.23. The Bertz CT molecular complexity index is 828. The van der Waals surface area contributed by atoms with Crippen LogP contribution >= 0.6 is 0 Å². The average Bonchev–Trinajstić information content (AvgIpc) is 2.59. The van der Waals surface area contributed by atoms with Crippen molar-refractivity contribution in [2.45, 2.75) is 46.1 Å². The molecular formula is C22H29NO4Si. The normalized spacial score (nSPS) is 11.0. The molecule has 0 heterocycles. The first-order valence-electron chi connectivity index (χ1n) is 9.42. The molecule has 0 aliphatic rings. The highest BCUT2D eigenvalue weighted by Gasteiger charge is 2.20. The number of carbonyl (C=O) groups excluding carboxylic acids is 2. The highest BCUT2D eigenvalue weighted by Crippen LogP contribution is 2.24. The zero-order valence-corrected chi connectivity index (χ0v) is 18.3. The van der Waals surface area contributed by atoms with Gasteiger partial charge in [0.2, 0.25) is 0 Å². The van der Waals surface area contributed by atoms with Gasteiger partial charge < -0.3 is 9.47 Å². The molecular weight excluding hydrogens is 370 g/mol. The van der Waals surface area contributed by atoms with Crippen LogP contribution in [0, 0.1) is 13.8 Å². The summed E-state index contributed by atoms with van der Waals surface area (Å²) in [5.41, 5.74) is 3.38. The number of amides is 1. The number of anilines is 1. The van der Waals surface area contributed by atoms with Crippen LogP contribution in [0.4, 0.5) is 10.5 Å². The molecule has 2 aromatic rings. The minimum absolute atomic E-state index is 0.160. The van der Waals surface area contributed by atoms with Crippen LogP contribution in [0.5, 0.6) is 0 Å². The second kappa shape index (κ2) is 9.55. The van der Waals surface area contributed by atoms with E-state index in [4.69, 9.17) is 9.47 Å². The molecule has 6 heteroatoms. The van der Waals surface area contributed by atoms with Gasteiger partial charge in [-0.05, 0) is 42.6 Å². The number of ether oxygens (including phenoxy) is 2. The molecule has 0 saturated heterocycles. The van der Waals surface area contributed by atoms with E-state index >= 15 is 0 Å². The summed E-state index contributed by atoms with van der Waals surface area (Å²) < 4.78 is 10.8.